The van der Waals surface area contributed by atoms with Crippen LogP contribution < -0.4 is 0 Å². The molecular formula is C48H39BF4O3. The third-order valence-electron chi connectivity index (χ3n) is 7.81. The van der Waals surface area contributed by atoms with E-state index < -0.39 is 7.32 Å². The van der Waals surface area contributed by atoms with Crippen LogP contribution in [0, 0.1) is 23.3 Å². The maximum Gasteiger partial charge on any atom is 0.631 e. The highest BCUT2D eigenvalue weighted by atomic mass is 19.1. The fraction of sp³-hybridized carbons (Fsp3) is 0. The van der Waals surface area contributed by atoms with Crippen LogP contribution in [0.2, 0.25) is 0 Å². The molecule has 0 aliphatic carbocycles. The number of benzene rings is 8. The molecule has 3 nitrogen and oxygen atoms in total. The van der Waals surface area contributed by atoms with Crippen molar-refractivity contribution in [2.75, 3.05) is 0 Å². The SMILES string of the molecule is Fc1ccc(-c2ccccc2)cc1.Fc1ccc(-c2ccccc2)cc1.Fc1ccc(-c2ccccc2)cc1.Fc1ccc(-c2ccccc2)cc1.OB(O)O. The Kier molecular flexibility index (Phi) is 17.5. The lowest BCUT2D eigenvalue weighted by atomic mass is 10.1. The quantitative estimate of drug-likeness (QED) is 0.124. The number of rotatable bonds is 4. The minimum Gasteiger partial charge on any atom is -0.402 e. The van der Waals surface area contributed by atoms with E-state index in [9.17, 15) is 17.6 Å². The van der Waals surface area contributed by atoms with Crippen LogP contribution >= 0.6 is 0 Å². The van der Waals surface area contributed by atoms with Crippen LogP contribution in [0.4, 0.5) is 17.6 Å². The lowest BCUT2D eigenvalue weighted by Crippen LogP contribution is -2.07. The zero-order valence-corrected chi connectivity index (χ0v) is 30.2. The lowest BCUT2D eigenvalue weighted by molar-refractivity contribution is 0.278. The molecule has 8 heteroatoms. The molecule has 0 heterocycles. The molecular weight excluding hydrogens is 711 g/mol. The van der Waals surface area contributed by atoms with Gasteiger partial charge in [-0.05, 0) is 93.0 Å². The molecule has 0 fully saturated rings. The molecule has 8 rings (SSSR count). The van der Waals surface area contributed by atoms with Gasteiger partial charge >= 0.3 is 7.32 Å². The van der Waals surface area contributed by atoms with Crippen LogP contribution in [0.5, 0.6) is 0 Å². The second-order valence-electron chi connectivity index (χ2n) is 11.8. The third-order valence-corrected chi connectivity index (χ3v) is 7.81. The van der Waals surface area contributed by atoms with Crippen LogP contribution in [-0.4, -0.2) is 22.4 Å². The Bertz CT molecular complexity index is 1900. The minimum atomic E-state index is -2.17. The summed E-state index contributed by atoms with van der Waals surface area (Å²) < 4.78 is 50.4. The fourth-order valence-electron chi connectivity index (χ4n) is 5.09. The second-order valence-corrected chi connectivity index (χ2v) is 11.8. The highest BCUT2D eigenvalue weighted by Crippen LogP contribution is 2.21. The standard InChI is InChI=1S/4C12H9F.BH3O3/c4*13-12-8-6-11(7-9-12)10-4-2-1-3-5-10;2-1(3)4/h4*1-9H;2-4H. The second kappa shape index (κ2) is 23.3. The topological polar surface area (TPSA) is 60.7 Å². The lowest BCUT2D eigenvalue weighted by Gasteiger charge is -1.99. The van der Waals surface area contributed by atoms with E-state index in [1.165, 1.54) is 48.5 Å². The summed E-state index contributed by atoms with van der Waals surface area (Å²) in [7, 11) is -2.17. The largest absolute Gasteiger partial charge is 0.631 e. The van der Waals surface area contributed by atoms with Crippen molar-refractivity contribution in [2.45, 2.75) is 0 Å². The highest BCUT2D eigenvalue weighted by Gasteiger charge is 1.98. The maximum atomic E-state index is 12.6. The van der Waals surface area contributed by atoms with Crippen molar-refractivity contribution < 1.29 is 32.6 Å². The molecule has 8 aromatic rings. The van der Waals surface area contributed by atoms with Crippen LogP contribution in [0.1, 0.15) is 0 Å². The van der Waals surface area contributed by atoms with Crippen LogP contribution in [-0.2, 0) is 0 Å². The molecule has 0 aliphatic heterocycles. The Morgan fingerprint density at radius 3 is 0.482 bits per heavy atom. The maximum absolute atomic E-state index is 12.6. The van der Waals surface area contributed by atoms with Gasteiger partial charge in [0.25, 0.3) is 0 Å². The average molecular weight is 751 g/mol. The van der Waals surface area contributed by atoms with Crippen molar-refractivity contribution in [3.63, 3.8) is 0 Å². The number of hydrogen-bond acceptors (Lipinski definition) is 3. The van der Waals surface area contributed by atoms with Gasteiger partial charge in [-0.1, -0.05) is 170 Å². The van der Waals surface area contributed by atoms with Gasteiger partial charge in [-0.3, -0.25) is 0 Å². The Morgan fingerprint density at radius 1 is 0.214 bits per heavy atom. The van der Waals surface area contributed by atoms with Gasteiger partial charge in [0.1, 0.15) is 23.3 Å². The van der Waals surface area contributed by atoms with Gasteiger partial charge < -0.3 is 15.1 Å². The summed E-state index contributed by atoms with van der Waals surface area (Å²) in [5, 5.41) is 21.5. The Hall–Kier alpha value is -6.58. The first-order chi connectivity index (χ1) is 27.2. The van der Waals surface area contributed by atoms with E-state index in [0.29, 0.717) is 0 Å². The molecule has 0 unspecified atom stereocenters. The van der Waals surface area contributed by atoms with Crippen LogP contribution in [0.25, 0.3) is 44.5 Å². The zero-order valence-electron chi connectivity index (χ0n) is 30.2. The zero-order chi connectivity index (χ0) is 40.0. The van der Waals surface area contributed by atoms with Gasteiger partial charge in [-0.25, -0.2) is 17.6 Å². The molecule has 0 saturated heterocycles. The molecule has 0 atom stereocenters. The molecule has 0 aromatic heterocycles. The van der Waals surface area contributed by atoms with Crippen molar-refractivity contribution >= 4 is 7.32 Å². The van der Waals surface area contributed by atoms with Gasteiger partial charge in [0.05, 0.1) is 0 Å². The Balaban J connectivity index is 0.000000160. The van der Waals surface area contributed by atoms with Crippen molar-refractivity contribution in [1.82, 2.24) is 0 Å². The van der Waals surface area contributed by atoms with E-state index in [4.69, 9.17) is 15.1 Å². The monoisotopic (exact) mass is 750 g/mol. The molecule has 3 N–H and O–H groups in total. The van der Waals surface area contributed by atoms with Gasteiger partial charge in [-0.15, -0.1) is 0 Å². The molecule has 0 aliphatic rings. The van der Waals surface area contributed by atoms with Gasteiger partial charge in [0.2, 0.25) is 0 Å². The Morgan fingerprint density at radius 2 is 0.339 bits per heavy atom. The summed E-state index contributed by atoms with van der Waals surface area (Å²) in [6, 6.07) is 65.7. The molecule has 280 valence electrons. The van der Waals surface area contributed by atoms with Crippen molar-refractivity contribution in [2.24, 2.45) is 0 Å². The molecule has 8 aromatic carbocycles. The molecule has 0 radical (unpaired) electrons. The molecule has 0 amide bonds. The predicted molar refractivity (Wildman–Crippen MR) is 220 cm³/mol. The van der Waals surface area contributed by atoms with E-state index in [0.717, 1.165) is 44.5 Å². The predicted octanol–water partition coefficient (Wildman–Crippen LogP) is 11.9. The van der Waals surface area contributed by atoms with Crippen LogP contribution in [0.3, 0.4) is 0 Å². The highest BCUT2D eigenvalue weighted by molar-refractivity contribution is 6.30. The first kappa shape index (κ1) is 42.2. The van der Waals surface area contributed by atoms with Crippen LogP contribution in [0.15, 0.2) is 218 Å². The van der Waals surface area contributed by atoms with Gasteiger partial charge in [-0.2, -0.15) is 0 Å². The molecule has 0 bridgehead atoms. The van der Waals surface area contributed by atoms with E-state index >= 15 is 0 Å². The molecule has 56 heavy (non-hydrogen) atoms. The van der Waals surface area contributed by atoms with Crippen molar-refractivity contribution in [3.8, 4) is 44.5 Å². The summed E-state index contributed by atoms with van der Waals surface area (Å²) in [6.45, 7) is 0. The normalized spacial score (nSPS) is 9.70. The third kappa shape index (κ3) is 15.4. The molecule has 0 saturated carbocycles. The van der Waals surface area contributed by atoms with E-state index in [1.807, 2.05) is 121 Å². The average Bonchev–Trinajstić information content (AvgIpc) is 3.24. The molecule has 0 spiro atoms. The summed E-state index contributed by atoms with van der Waals surface area (Å²) in [6.07, 6.45) is 0. The Labute approximate surface area is 325 Å². The van der Waals surface area contributed by atoms with E-state index in [-0.39, 0.29) is 23.3 Å². The summed E-state index contributed by atoms with van der Waals surface area (Å²) in [5.74, 6) is -0.779. The van der Waals surface area contributed by atoms with Crippen molar-refractivity contribution in [1.29, 1.82) is 0 Å². The first-order valence-electron chi connectivity index (χ1n) is 17.5. The van der Waals surface area contributed by atoms with E-state index in [1.54, 1.807) is 48.5 Å². The first-order valence-corrected chi connectivity index (χ1v) is 17.5. The van der Waals surface area contributed by atoms with Crippen molar-refractivity contribution in [3.05, 3.63) is 242 Å². The smallest absolute Gasteiger partial charge is 0.402 e. The number of hydrogen-bond donors (Lipinski definition) is 3. The van der Waals surface area contributed by atoms with Gasteiger partial charge in [0, 0.05) is 0 Å². The fourth-order valence-corrected chi connectivity index (χ4v) is 5.09. The van der Waals surface area contributed by atoms with Gasteiger partial charge in [0.15, 0.2) is 0 Å². The summed E-state index contributed by atoms with van der Waals surface area (Å²) in [4.78, 5) is 0. The summed E-state index contributed by atoms with van der Waals surface area (Å²) >= 11 is 0. The number of halogens is 4. The van der Waals surface area contributed by atoms with E-state index in [2.05, 4.69) is 0 Å². The minimum absolute atomic E-state index is 0.195. The summed E-state index contributed by atoms with van der Waals surface area (Å²) in [5.41, 5.74) is 8.63.